The molecule has 1 amide bonds. The Labute approximate surface area is 119 Å². The van der Waals surface area contributed by atoms with E-state index in [9.17, 15) is 18.4 Å². The number of halogens is 2. The number of carbonyl (C=O) groups excluding carboxylic acids is 1. The molecule has 0 atom stereocenters. The lowest BCUT2D eigenvalue weighted by molar-refractivity contribution is 0.0692. The van der Waals surface area contributed by atoms with Gasteiger partial charge in [-0.1, -0.05) is 0 Å². The number of nitrogens with one attached hydrogen (secondary N) is 1. The third-order valence-electron chi connectivity index (χ3n) is 2.76. The van der Waals surface area contributed by atoms with E-state index in [1.807, 2.05) is 0 Å². The van der Waals surface area contributed by atoms with Gasteiger partial charge in [-0.25, -0.2) is 13.6 Å². The highest BCUT2D eigenvalue weighted by atomic mass is 19.1. The van der Waals surface area contributed by atoms with Gasteiger partial charge in [0.2, 0.25) is 0 Å². The SMILES string of the molecule is Cc1cc(F)cc(C(=O)Nc2ccc(C(=O)O)c(F)c2)c1. The van der Waals surface area contributed by atoms with Crippen LogP contribution in [0.5, 0.6) is 0 Å². The molecule has 0 spiro atoms. The minimum atomic E-state index is -1.40. The normalized spacial score (nSPS) is 10.2. The van der Waals surface area contributed by atoms with Gasteiger partial charge in [0.05, 0.1) is 5.56 Å². The number of carbonyl (C=O) groups is 2. The molecular formula is C15H11F2NO3. The maximum absolute atomic E-state index is 13.5. The molecule has 0 aliphatic heterocycles. The Morgan fingerprint density at radius 2 is 1.81 bits per heavy atom. The fourth-order valence-electron chi connectivity index (χ4n) is 1.84. The summed E-state index contributed by atoms with van der Waals surface area (Å²) in [6.45, 7) is 1.64. The number of aromatic carboxylic acids is 1. The number of anilines is 1. The van der Waals surface area contributed by atoms with Crippen LogP contribution in [0.15, 0.2) is 36.4 Å². The first-order valence-corrected chi connectivity index (χ1v) is 5.98. The Hall–Kier alpha value is -2.76. The van der Waals surface area contributed by atoms with Crippen LogP contribution in [-0.4, -0.2) is 17.0 Å². The lowest BCUT2D eigenvalue weighted by Gasteiger charge is -2.07. The molecule has 108 valence electrons. The van der Waals surface area contributed by atoms with Crippen molar-refractivity contribution in [2.45, 2.75) is 6.92 Å². The molecule has 0 bridgehead atoms. The highest BCUT2D eigenvalue weighted by molar-refractivity contribution is 6.04. The molecule has 0 fully saturated rings. The molecule has 4 nitrogen and oxygen atoms in total. The van der Waals surface area contributed by atoms with Crippen LogP contribution < -0.4 is 5.32 Å². The van der Waals surface area contributed by atoms with E-state index in [1.54, 1.807) is 6.92 Å². The van der Waals surface area contributed by atoms with Crippen molar-refractivity contribution in [1.82, 2.24) is 0 Å². The van der Waals surface area contributed by atoms with Gasteiger partial charge in [-0.3, -0.25) is 4.79 Å². The lowest BCUT2D eigenvalue weighted by Crippen LogP contribution is -2.13. The van der Waals surface area contributed by atoms with Crippen LogP contribution in [0, 0.1) is 18.6 Å². The van der Waals surface area contributed by atoms with Crippen molar-refractivity contribution in [2.24, 2.45) is 0 Å². The van der Waals surface area contributed by atoms with E-state index in [4.69, 9.17) is 5.11 Å². The van der Waals surface area contributed by atoms with Gasteiger partial charge in [0.1, 0.15) is 11.6 Å². The fourth-order valence-corrected chi connectivity index (χ4v) is 1.84. The Balaban J connectivity index is 2.23. The minimum absolute atomic E-state index is 0.0874. The molecule has 0 saturated carbocycles. The van der Waals surface area contributed by atoms with Gasteiger partial charge in [-0.2, -0.15) is 0 Å². The summed E-state index contributed by atoms with van der Waals surface area (Å²) >= 11 is 0. The molecule has 0 aliphatic rings. The first-order valence-electron chi connectivity index (χ1n) is 5.98. The van der Waals surface area contributed by atoms with Crippen LogP contribution in [0.1, 0.15) is 26.3 Å². The first-order chi connectivity index (χ1) is 9.86. The highest BCUT2D eigenvalue weighted by Crippen LogP contribution is 2.16. The van der Waals surface area contributed by atoms with Gasteiger partial charge >= 0.3 is 5.97 Å². The standard InChI is InChI=1S/C15H11F2NO3/c1-8-4-9(6-10(16)5-8)14(19)18-11-2-3-12(15(20)21)13(17)7-11/h2-7H,1H3,(H,18,19)(H,20,21). The van der Waals surface area contributed by atoms with Crippen molar-refractivity contribution in [3.63, 3.8) is 0 Å². The fraction of sp³-hybridized carbons (Fsp3) is 0.0667. The van der Waals surface area contributed by atoms with Crippen molar-refractivity contribution in [3.8, 4) is 0 Å². The maximum atomic E-state index is 13.5. The van der Waals surface area contributed by atoms with Gasteiger partial charge < -0.3 is 10.4 Å². The van der Waals surface area contributed by atoms with Crippen LogP contribution in [0.25, 0.3) is 0 Å². The van der Waals surface area contributed by atoms with E-state index < -0.39 is 29.1 Å². The zero-order valence-corrected chi connectivity index (χ0v) is 11.0. The lowest BCUT2D eigenvalue weighted by atomic mass is 10.1. The molecular weight excluding hydrogens is 280 g/mol. The summed E-state index contributed by atoms with van der Waals surface area (Å²) in [5, 5.41) is 11.1. The number of carboxylic acids is 1. The van der Waals surface area contributed by atoms with Crippen LogP contribution in [0.3, 0.4) is 0 Å². The number of rotatable bonds is 3. The Bertz CT molecular complexity index is 709. The van der Waals surface area contributed by atoms with Crippen molar-refractivity contribution in [1.29, 1.82) is 0 Å². The smallest absolute Gasteiger partial charge is 0.338 e. The summed E-state index contributed by atoms with van der Waals surface area (Å²) in [7, 11) is 0. The van der Waals surface area contributed by atoms with Crippen molar-refractivity contribution < 1.29 is 23.5 Å². The molecule has 0 unspecified atom stereocenters. The zero-order valence-electron chi connectivity index (χ0n) is 11.0. The predicted molar refractivity (Wildman–Crippen MR) is 72.4 cm³/mol. The molecule has 0 aromatic heterocycles. The van der Waals surface area contributed by atoms with Gasteiger partial charge in [0.15, 0.2) is 0 Å². The number of hydrogen-bond acceptors (Lipinski definition) is 2. The van der Waals surface area contributed by atoms with Gasteiger partial charge in [0.25, 0.3) is 5.91 Å². The van der Waals surface area contributed by atoms with Crippen molar-refractivity contribution in [2.75, 3.05) is 5.32 Å². The predicted octanol–water partition coefficient (Wildman–Crippen LogP) is 3.22. The summed E-state index contributed by atoms with van der Waals surface area (Å²) in [5.41, 5.74) is 0.266. The quantitative estimate of drug-likeness (QED) is 0.912. The van der Waals surface area contributed by atoms with Gasteiger partial charge in [0, 0.05) is 11.3 Å². The summed E-state index contributed by atoms with van der Waals surface area (Å²) in [6, 6.07) is 7.02. The summed E-state index contributed by atoms with van der Waals surface area (Å²) in [4.78, 5) is 22.6. The first kappa shape index (κ1) is 14.6. The Morgan fingerprint density at radius 1 is 1.10 bits per heavy atom. The van der Waals surface area contributed by atoms with Crippen molar-refractivity contribution >= 4 is 17.6 Å². The Morgan fingerprint density at radius 3 is 2.38 bits per heavy atom. The van der Waals surface area contributed by atoms with E-state index in [1.165, 1.54) is 18.2 Å². The molecule has 2 N–H and O–H groups in total. The van der Waals surface area contributed by atoms with Gasteiger partial charge in [-0.15, -0.1) is 0 Å². The number of amides is 1. The second-order valence-electron chi connectivity index (χ2n) is 4.47. The monoisotopic (exact) mass is 291 g/mol. The van der Waals surface area contributed by atoms with E-state index in [-0.39, 0.29) is 11.3 Å². The Kier molecular flexibility index (Phi) is 3.98. The molecule has 21 heavy (non-hydrogen) atoms. The number of aryl methyl sites for hydroxylation is 1. The molecule has 6 heteroatoms. The van der Waals surface area contributed by atoms with Crippen molar-refractivity contribution in [3.05, 3.63) is 64.7 Å². The van der Waals surface area contributed by atoms with Crippen LogP contribution in [0.2, 0.25) is 0 Å². The highest BCUT2D eigenvalue weighted by Gasteiger charge is 2.13. The van der Waals surface area contributed by atoms with E-state index in [0.717, 1.165) is 18.2 Å². The van der Waals surface area contributed by atoms with Crippen LogP contribution >= 0.6 is 0 Å². The molecule has 2 aromatic carbocycles. The molecule has 0 aliphatic carbocycles. The summed E-state index contributed by atoms with van der Waals surface area (Å²) in [5.74, 6) is -3.52. The van der Waals surface area contributed by atoms with E-state index in [2.05, 4.69) is 5.32 Å². The summed E-state index contributed by atoms with van der Waals surface area (Å²) in [6.07, 6.45) is 0. The average Bonchev–Trinajstić information content (AvgIpc) is 2.37. The van der Waals surface area contributed by atoms with Crippen LogP contribution in [-0.2, 0) is 0 Å². The molecule has 0 saturated heterocycles. The molecule has 2 aromatic rings. The largest absolute Gasteiger partial charge is 0.478 e. The molecule has 2 rings (SSSR count). The zero-order chi connectivity index (χ0) is 15.6. The van der Waals surface area contributed by atoms with Gasteiger partial charge in [-0.05, 0) is 48.9 Å². The average molecular weight is 291 g/mol. The van der Waals surface area contributed by atoms with E-state index >= 15 is 0 Å². The third-order valence-corrected chi connectivity index (χ3v) is 2.76. The number of hydrogen-bond donors (Lipinski definition) is 2. The minimum Gasteiger partial charge on any atom is -0.478 e. The number of benzene rings is 2. The van der Waals surface area contributed by atoms with Crippen LogP contribution in [0.4, 0.5) is 14.5 Å². The van der Waals surface area contributed by atoms with E-state index in [0.29, 0.717) is 5.56 Å². The number of carboxylic acid groups (broad SMARTS) is 1. The molecule has 0 heterocycles. The summed E-state index contributed by atoms with van der Waals surface area (Å²) < 4.78 is 26.7. The maximum Gasteiger partial charge on any atom is 0.338 e. The third kappa shape index (κ3) is 3.42. The second-order valence-corrected chi connectivity index (χ2v) is 4.47. The molecule has 0 radical (unpaired) electrons. The topological polar surface area (TPSA) is 66.4 Å². The second kappa shape index (κ2) is 5.70.